The molecule has 2 atom stereocenters. The second-order valence-electron chi connectivity index (χ2n) is 11.0. The second-order valence-corrected chi connectivity index (χ2v) is 11.0. The Kier molecular flexibility index (Phi) is 6.66. The second kappa shape index (κ2) is 10.8. The summed E-state index contributed by atoms with van der Waals surface area (Å²) < 4.78 is 3.12. The number of amides is 1. The smallest absolute Gasteiger partial charge is 0.264 e. The number of hydrogen-bond donors (Lipinski definition) is 3. The Morgan fingerprint density at radius 2 is 1.98 bits per heavy atom. The molecule has 1 unspecified atom stereocenters. The van der Waals surface area contributed by atoms with E-state index in [1.807, 2.05) is 61.5 Å². The highest BCUT2D eigenvalue weighted by atomic mass is 16.2. The monoisotopic (exact) mass is 585 g/mol. The van der Waals surface area contributed by atoms with Crippen LogP contribution in [0.4, 0.5) is 5.82 Å². The van der Waals surface area contributed by atoms with Gasteiger partial charge in [-0.25, -0.2) is 9.50 Å². The topological polar surface area (TPSA) is 126 Å². The van der Waals surface area contributed by atoms with Gasteiger partial charge in [-0.05, 0) is 42.6 Å². The maximum atomic E-state index is 14.4. The van der Waals surface area contributed by atoms with E-state index >= 15 is 0 Å². The van der Waals surface area contributed by atoms with Crippen molar-refractivity contribution in [1.82, 2.24) is 39.6 Å². The van der Waals surface area contributed by atoms with Crippen LogP contribution in [0.3, 0.4) is 0 Å². The third-order valence-electron chi connectivity index (χ3n) is 8.10. The van der Waals surface area contributed by atoms with Crippen LogP contribution < -0.4 is 21.9 Å². The van der Waals surface area contributed by atoms with E-state index in [1.165, 1.54) is 4.52 Å². The molecule has 2 aliphatic heterocycles. The molecule has 220 valence electrons. The molecule has 3 aromatic heterocycles. The van der Waals surface area contributed by atoms with Crippen LogP contribution in [0.25, 0.3) is 22.1 Å². The number of carbonyl (C=O) groups excluding carboxylic acids is 1. The molecule has 7 rings (SSSR count). The van der Waals surface area contributed by atoms with E-state index in [1.54, 1.807) is 23.0 Å². The third kappa shape index (κ3) is 4.66. The summed E-state index contributed by atoms with van der Waals surface area (Å²) in [5, 5.41) is 11.9. The van der Waals surface area contributed by atoms with Gasteiger partial charge in [-0.15, -0.1) is 5.10 Å². The van der Waals surface area contributed by atoms with Crippen molar-refractivity contribution in [2.45, 2.75) is 19.0 Å². The molecule has 0 spiro atoms. The number of aromatic nitrogens is 4. The number of rotatable bonds is 4. The molecule has 0 radical (unpaired) electrons. The number of nitrogen functional groups attached to an aromatic ring is 1. The summed E-state index contributed by atoms with van der Waals surface area (Å²) in [6, 6.07) is 18.2. The Morgan fingerprint density at radius 1 is 1.14 bits per heavy atom. The fourth-order valence-corrected chi connectivity index (χ4v) is 5.92. The Labute approximate surface area is 253 Å². The van der Waals surface area contributed by atoms with Gasteiger partial charge in [0.1, 0.15) is 17.4 Å². The molecule has 2 aliphatic rings. The van der Waals surface area contributed by atoms with Gasteiger partial charge in [0.05, 0.1) is 11.4 Å². The predicted octanol–water partition coefficient (Wildman–Crippen LogP) is 2.48. The SMILES string of the molecule is C[C@H](NC(=O)c1c(N)nn2cccnc12)c1cc2cccc(C#CC3CNC4=CN(C)CCN43)c2c(=O)n1-c1ccccc1. The summed E-state index contributed by atoms with van der Waals surface area (Å²) in [5.74, 6) is 7.46. The van der Waals surface area contributed by atoms with Gasteiger partial charge in [0.25, 0.3) is 11.5 Å². The number of hydrogen-bond acceptors (Lipinski definition) is 8. The maximum Gasteiger partial charge on any atom is 0.264 e. The maximum absolute atomic E-state index is 14.4. The standard InChI is InChI=1S/C33H31N9O2/c1-21(37-32(43)29-30(34)38-41-15-7-14-35-31(29)41)26-18-23-9-6-8-22(28(23)33(44)42(26)24-10-4-3-5-11-24)12-13-25-19-36-27-20-39(2)16-17-40(25)27/h3-11,14-15,18,20-21,25,36H,16-17,19H2,1-2H3,(H2,34,38)(H,37,43)/t21-,25?/m0/s1. The molecule has 0 bridgehead atoms. The number of pyridine rings is 1. The molecule has 1 saturated heterocycles. The summed E-state index contributed by atoms with van der Waals surface area (Å²) in [4.78, 5) is 36.6. The number of nitrogens with two attached hydrogens (primary N) is 1. The number of anilines is 1. The summed E-state index contributed by atoms with van der Waals surface area (Å²) in [6.07, 6.45) is 5.36. The highest BCUT2D eigenvalue weighted by Crippen LogP contribution is 2.25. The fraction of sp³-hybridized carbons (Fsp3) is 0.212. The first kappa shape index (κ1) is 27.1. The predicted molar refractivity (Wildman–Crippen MR) is 169 cm³/mol. The Hall–Kier alpha value is -5.76. The molecule has 5 aromatic rings. The van der Waals surface area contributed by atoms with Crippen molar-refractivity contribution < 1.29 is 4.79 Å². The number of carbonyl (C=O) groups is 1. The largest absolute Gasteiger partial charge is 0.381 e. The molecule has 0 saturated carbocycles. The van der Waals surface area contributed by atoms with Gasteiger partial charge in [0.2, 0.25) is 0 Å². The molecule has 0 aliphatic carbocycles. The first-order chi connectivity index (χ1) is 21.4. The van der Waals surface area contributed by atoms with Gasteiger partial charge < -0.3 is 26.2 Å². The minimum atomic E-state index is -0.570. The van der Waals surface area contributed by atoms with E-state index in [4.69, 9.17) is 5.73 Å². The van der Waals surface area contributed by atoms with Crippen molar-refractivity contribution in [2.75, 3.05) is 32.4 Å². The lowest BCUT2D eigenvalue weighted by atomic mass is 10.0. The highest BCUT2D eigenvalue weighted by Gasteiger charge is 2.29. The minimum Gasteiger partial charge on any atom is -0.381 e. The van der Waals surface area contributed by atoms with Gasteiger partial charge in [-0.2, -0.15) is 0 Å². The van der Waals surface area contributed by atoms with Crippen LogP contribution in [0.15, 0.2) is 89.9 Å². The molecular weight excluding hydrogens is 554 g/mol. The number of nitrogens with zero attached hydrogens (tertiary/aromatic N) is 6. The zero-order chi connectivity index (χ0) is 30.4. The molecule has 1 amide bonds. The quantitative estimate of drug-likeness (QED) is 0.275. The van der Waals surface area contributed by atoms with Crippen LogP contribution in [0.5, 0.6) is 0 Å². The van der Waals surface area contributed by atoms with Crippen molar-refractivity contribution in [3.8, 4) is 17.5 Å². The highest BCUT2D eigenvalue weighted by molar-refractivity contribution is 6.04. The first-order valence-corrected chi connectivity index (χ1v) is 14.5. The zero-order valence-corrected chi connectivity index (χ0v) is 24.4. The molecule has 4 N–H and O–H groups in total. The normalized spacial score (nSPS) is 16.6. The van der Waals surface area contributed by atoms with E-state index in [-0.39, 0.29) is 23.0 Å². The van der Waals surface area contributed by atoms with Crippen molar-refractivity contribution in [1.29, 1.82) is 0 Å². The molecule has 11 nitrogen and oxygen atoms in total. The number of fused-ring (bicyclic) bond motifs is 3. The van der Waals surface area contributed by atoms with Gasteiger partial charge in [0.15, 0.2) is 11.5 Å². The molecule has 1 fully saturated rings. The molecular formula is C33H31N9O2. The van der Waals surface area contributed by atoms with Crippen molar-refractivity contribution in [3.63, 3.8) is 0 Å². The van der Waals surface area contributed by atoms with Crippen LogP contribution in [-0.2, 0) is 0 Å². The van der Waals surface area contributed by atoms with Crippen LogP contribution in [-0.4, -0.2) is 67.6 Å². The Bertz CT molecular complexity index is 2070. The number of likely N-dealkylation sites (N-methyl/N-ethyl adjacent to an activating group) is 1. The van der Waals surface area contributed by atoms with Crippen LogP contribution in [0.1, 0.15) is 34.6 Å². The molecule has 11 heteroatoms. The third-order valence-corrected chi connectivity index (χ3v) is 8.10. The van der Waals surface area contributed by atoms with Gasteiger partial charge in [-0.3, -0.25) is 14.2 Å². The van der Waals surface area contributed by atoms with Gasteiger partial charge in [0, 0.05) is 62.2 Å². The Morgan fingerprint density at radius 3 is 2.82 bits per heavy atom. The van der Waals surface area contributed by atoms with Crippen molar-refractivity contribution in [2.24, 2.45) is 0 Å². The Balaban J connectivity index is 1.30. The van der Waals surface area contributed by atoms with Gasteiger partial charge >= 0.3 is 0 Å². The summed E-state index contributed by atoms with van der Waals surface area (Å²) >= 11 is 0. The van der Waals surface area contributed by atoms with Crippen molar-refractivity contribution in [3.05, 3.63) is 112 Å². The molecule has 44 heavy (non-hydrogen) atoms. The lowest BCUT2D eigenvalue weighted by Gasteiger charge is -2.31. The van der Waals surface area contributed by atoms with Crippen LogP contribution >= 0.6 is 0 Å². The van der Waals surface area contributed by atoms with E-state index in [0.29, 0.717) is 28.0 Å². The summed E-state index contributed by atoms with van der Waals surface area (Å²) in [7, 11) is 2.06. The zero-order valence-electron chi connectivity index (χ0n) is 24.4. The fourth-order valence-electron chi connectivity index (χ4n) is 5.92. The van der Waals surface area contributed by atoms with Crippen LogP contribution in [0.2, 0.25) is 0 Å². The van der Waals surface area contributed by atoms with Gasteiger partial charge in [-0.1, -0.05) is 42.2 Å². The first-order valence-electron chi connectivity index (χ1n) is 14.5. The summed E-state index contributed by atoms with van der Waals surface area (Å²) in [6.45, 7) is 4.37. The molecule has 2 aromatic carbocycles. The van der Waals surface area contributed by atoms with E-state index < -0.39 is 11.9 Å². The van der Waals surface area contributed by atoms with Crippen LogP contribution in [0, 0.1) is 11.8 Å². The lowest BCUT2D eigenvalue weighted by molar-refractivity contribution is 0.0941. The lowest BCUT2D eigenvalue weighted by Crippen LogP contribution is -2.39. The average molecular weight is 586 g/mol. The minimum absolute atomic E-state index is 0.0120. The van der Waals surface area contributed by atoms with Crippen molar-refractivity contribution >= 4 is 28.1 Å². The van der Waals surface area contributed by atoms with E-state index in [0.717, 1.165) is 30.8 Å². The summed E-state index contributed by atoms with van der Waals surface area (Å²) in [5.41, 5.74) is 8.40. The van der Waals surface area contributed by atoms with E-state index in [9.17, 15) is 9.59 Å². The number of para-hydroxylation sites is 1. The number of benzene rings is 2. The van der Waals surface area contributed by atoms with E-state index in [2.05, 4.69) is 55.6 Å². The molecule has 5 heterocycles. The average Bonchev–Trinajstić information content (AvgIpc) is 3.59. The number of nitrogens with one attached hydrogen (secondary N) is 2.